The van der Waals surface area contributed by atoms with Crippen LogP contribution < -0.4 is 10.6 Å². The number of hydrogen-bond acceptors (Lipinski definition) is 6. The van der Waals surface area contributed by atoms with Gasteiger partial charge in [-0.05, 0) is 25.3 Å². The number of carbonyl (C=O) groups excluding carboxylic acids is 1. The van der Waals surface area contributed by atoms with Crippen molar-refractivity contribution in [3.05, 3.63) is 41.5 Å². The van der Waals surface area contributed by atoms with Crippen molar-refractivity contribution in [3.63, 3.8) is 0 Å². The fraction of sp³-hybridized carbons (Fsp3) is 0.391. The van der Waals surface area contributed by atoms with Gasteiger partial charge in [0, 0.05) is 40.2 Å². The minimum absolute atomic E-state index is 0.00238. The maximum atomic E-state index is 12.4. The molecule has 2 fully saturated rings. The van der Waals surface area contributed by atoms with E-state index in [-0.39, 0.29) is 23.7 Å². The van der Waals surface area contributed by atoms with Crippen molar-refractivity contribution in [1.29, 1.82) is 0 Å². The van der Waals surface area contributed by atoms with E-state index >= 15 is 0 Å². The largest absolute Gasteiger partial charge is 0.377 e. The molecule has 31 heavy (non-hydrogen) atoms. The molecule has 4 heterocycles. The predicted octanol–water partition coefficient (Wildman–Crippen LogP) is 2.74. The van der Waals surface area contributed by atoms with Crippen molar-refractivity contribution in [3.8, 4) is 11.8 Å². The van der Waals surface area contributed by atoms with Gasteiger partial charge in [0.1, 0.15) is 11.6 Å². The topological polar surface area (TPSA) is 94.0 Å². The molecule has 1 aliphatic carbocycles. The second-order valence-corrected chi connectivity index (χ2v) is 8.10. The molecule has 1 amide bonds. The lowest BCUT2D eigenvalue weighted by Gasteiger charge is -2.27. The van der Waals surface area contributed by atoms with Crippen molar-refractivity contribution < 1.29 is 13.6 Å². The Morgan fingerprint density at radius 2 is 2.03 bits per heavy atom. The molecule has 1 saturated carbocycles. The lowest BCUT2D eigenvalue weighted by atomic mass is 10.1. The Labute approximate surface area is 184 Å². The van der Waals surface area contributed by atoms with Crippen molar-refractivity contribution in [2.75, 3.05) is 30.8 Å². The van der Waals surface area contributed by atoms with E-state index in [2.05, 4.69) is 37.5 Å². The number of pyridine rings is 2. The fourth-order valence-electron chi connectivity index (χ4n) is 3.72. The molecule has 8 nitrogen and oxygen atoms in total. The normalized spacial score (nSPS) is 21.8. The third-order valence-corrected chi connectivity index (χ3v) is 5.93. The first-order chi connectivity index (χ1) is 16.2. The van der Waals surface area contributed by atoms with Gasteiger partial charge in [-0.3, -0.25) is 9.48 Å². The molecule has 8 heteroatoms. The molecule has 3 aromatic heterocycles. The van der Waals surface area contributed by atoms with Gasteiger partial charge in [-0.15, -0.1) is 0 Å². The molecule has 2 atom stereocenters. The molecular formula is C23H24N6O2. The van der Waals surface area contributed by atoms with E-state index in [9.17, 15) is 4.79 Å². The number of anilines is 2. The monoisotopic (exact) mass is 419 g/mol. The van der Waals surface area contributed by atoms with Crippen LogP contribution in [0.1, 0.15) is 40.3 Å². The van der Waals surface area contributed by atoms with E-state index in [4.69, 9.17) is 8.85 Å². The molecule has 5 rings (SSSR count). The number of ether oxygens (including phenoxy) is 1. The van der Waals surface area contributed by atoms with Crippen LogP contribution in [-0.2, 0) is 9.53 Å². The van der Waals surface area contributed by atoms with Crippen LogP contribution in [0, 0.1) is 30.6 Å². The quantitative estimate of drug-likeness (QED) is 0.632. The summed E-state index contributed by atoms with van der Waals surface area (Å²) in [6.45, 7) is 2.86. The zero-order valence-electron chi connectivity index (χ0n) is 20.3. The molecule has 1 saturated heterocycles. The highest BCUT2D eigenvalue weighted by Crippen LogP contribution is 2.38. The molecule has 2 aliphatic rings. The molecular weight excluding hydrogens is 392 g/mol. The summed E-state index contributed by atoms with van der Waals surface area (Å²) < 4.78 is 29.8. The number of aromatic nitrogens is 4. The van der Waals surface area contributed by atoms with Crippen molar-refractivity contribution in [2.45, 2.75) is 26.3 Å². The molecule has 3 aromatic rings. The zero-order chi connectivity index (χ0) is 24.0. The summed E-state index contributed by atoms with van der Waals surface area (Å²) in [5, 5.41) is 10.9. The number of nitrogens with one attached hydrogen (secondary N) is 2. The van der Waals surface area contributed by atoms with Crippen LogP contribution in [0.5, 0.6) is 0 Å². The van der Waals surface area contributed by atoms with Crippen LogP contribution in [0.2, 0.25) is 0 Å². The van der Waals surface area contributed by atoms with Crippen LogP contribution in [0.25, 0.3) is 10.8 Å². The van der Waals surface area contributed by atoms with E-state index in [0.29, 0.717) is 41.3 Å². The van der Waals surface area contributed by atoms with Gasteiger partial charge in [0.05, 0.1) is 42.3 Å². The van der Waals surface area contributed by atoms with Crippen molar-refractivity contribution in [2.24, 2.45) is 11.8 Å². The van der Waals surface area contributed by atoms with E-state index in [0.717, 1.165) is 17.7 Å². The van der Waals surface area contributed by atoms with E-state index in [1.165, 1.54) is 12.4 Å². The lowest BCUT2D eigenvalue weighted by Crippen LogP contribution is -2.32. The number of hydrogen-bond donors (Lipinski definition) is 2. The molecule has 0 aromatic carbocycles. The minimum atomic E-state index is -2.42. The predicted molar refractivity (Wildman–Crippen MR) is 118 cm³/mol. The summed E-state index contributed by atoms with van der Waals surface area (Å²) >= 11 is 0. The summed E-state index contributed by atoms with van der Waals surface area (Å²) in [6.07, 6.45) is 5.63. The highest BCUT2D eigenvalue weighted by molar-refractivity contribution is 5.99. The number of carbonyl (C=O) groups is 1. The number of nitrogens with zero attached hydrogens (tertiary/aromatic N) is 4. The second-order valence-electron chi connectivity index (χ2n) is 8.10. The average Bonchev–Trinajstić information content (AvgIpc) is 3.38. The zero-order valence-corrected chi connectivity index (χ0v) is 17.3. The average molecular weight is 420 g/mol. The first-order valence-electron chi connectivity index (χ1n) is 11.7. The van der Waals surface area contributed by atoms with Gasteiger partial charge in [0.15, 0.2) is 0 Å². The van der Waals surface area contributed by atoms with Crippen LogP contribution in [0.15, 0.2) is 24.7 Å². The SMILES string of the molecule is [2H]C([2H])([2H])Nc1ncc(C#Cc2cnn(C3COC3)c2C)c2cc(NC(=O)[C@H]3C[C@H]3C)ncc12. The molecule has 0 unspecified atom stereocenters. The van der Waals surface area contributed by atoms with Gasteiger partial charge in [-0.2, -0.15) is 5.10 Å². The first kappa shape index (κ1) is 16.3. The van der Waals surface area contributed by atoms with Gasteiger partial charge in [0.2, 0.25) is 5.91 Å². The summed E-state index contributed by atoms with van der Waals surface area (Å²) in [5.41, 5.74) is 2.32. The Morgan fingerprint density at radius 3 is 2.74 bits per heavy atom. The van der Waals surface area contributed by atoms with Gasteiger partial charge >= 0.3 is 0 Å². The van der Waals surface area contributed by atoms with E-state index < -0.39 is 6.98 Å². The Hall–Kier alpha value is -3.44. The maximum Gasteiger partial charge on any atom is 0.228 e. The Bertz CT molecular complexity index is 1340. The molecule has 158 valence electrons. The van der Waals surface area contributed by atoms with Crippen LogP contribution in [0.3, 0.4) is 0 Å². The molecule has 1 aliphatic heterocycles. The summed E-state index contributed by atoms with van der Waals surface area (Å²) in [7, 11) is 0. The minimum Gasteiger partial charge on any atom is -0.377 e. The third-order valence-electron chi connectivity index (χ3n) is 5.93. The Balaban J connectivity index is 1.52. The Kier molecular flexibility index (Phi) is 4.03. The second kappa shape index (κ2) is 7.67. The van der Waals surface area contributed by atoms with E-state index in [1.54, 1.807) is 12.3 Å². The molecule has 2 N–H and O–H groups in total. The highest BCUT2D eigenvalue weighted by atomic mass is 16.5. The number of fused-ring (bicyclic) bond motifs is 1. The molecule has 0 radical (unpaired) electrons. The van der Waals surface area contributed by atoms with Crippen LogP contribution in [0.4, 0.5) is 11.6 Å². The highest BCUT2D eigenvalue weighted by Gasteiger charge is 2.39. The standard InChI is InChI=1S/C23H24N6O2/c1-13-6-18(13)23(30)28-21-7-19-16(8-26-22(24-3)20(19)10-25-21)5-4-15-9-27-29(14(15)2)17-11-31-12-17/h7-10,13,17-18H,6,11-12H2,1-3H3,(H,24,26)(H,25,28,30)/t13-,18+/m1/s1/i3D3. The van der Waals surface area contributed by atoms with Gasteiger partial charge in [-0.1, -0.05) is 18.8 Å². The summed E-state index contributed by atoms with van der Waals surface area (Å²) in [6, 6.07) is 1.94. The van der Waals surface area contributed by atoms with Crippen LogP contribution in [-0.4, -0.2) is 45.8 Å². The lowest BCUT2D eigenvalue weighted by molar-refractivity contribution is -0.117. The van der Waals surface area contributed by atoms with Gasteiger partial charge < -0.3 is 15.4 Å². The van der Waals surface area contributed by atoms with Crippen molar-refractivity contribution >= 4 is 28.3 Å². The summed E-state index contributed by atoms with van der Waals surface area (Å²) in [4.78, 5) is 21.0. The third kappa shape index (κ3) is 3.62. The van der Waals surface area contributed by atoms with Crippen LogP contribution >= 0.6 is 0 Å². The summed E-state index contributed by atoms with van der Waals surface area (Å²) in [5.74, 6) is 7.17. The molecule has 0 bridgehead atoms. The van der Waals surface area contributed by atoms with E-state index in [1.807, 2.05) is 18.5 Å². The Morgan fingerprint density at radius 1 is 1.23 bits per heavy atom. The van der Waals surface area contributed by atoms with Gasteiger partial charge in [0.25, 0.3) is 0 Å². The van der Waals surface area contributed by atoms with Gasteiger partial charge in [-0.25, -0.2) is 9.97 Å². The molecule has 0 spiro atoms. The van der Waals surface area contributed by atoms with Crippen molar-refractivity contribution in [1.82, 2.24) is 19.7 Å². The number of amides is 1. The first-order valence-corrected chi connectivity index (χ1v) is 10.2. The number of rotatable bonds is 4. The fourth-order valence-corrected chi connectivity index (χ4v) is 3.72. The maximum absolute atomic E-state index is 12.4. The smallest absolute Gasteiger partial charge is 0.228 e.